The van der Waals surface area contributed by atoms with Gasteiger partial charge in [0.25, 0.3) is 0 Å². The number of halogens is 1. The molecule has 0 saturated carbocycles. The Morgan fingerprint density at radius 3 is 2.67 bits per heavy atom. The molecular weight excluding hydrogens is 413 g/mol. The van der Waals surface area contributed by atoms with Crippen molar-refractivity contribution in [2.75, 3.05) is 6.54 Å². The van der Waals surface area contributed by atoms with Gasteiger partial charge in [-0.15, -0.1) is 0 Å². The van der Waals surface area contributed by atoms with E-state index in [0.717, 1.165) is 58.8 Å². The SMILES string of the molecule is C=Nc1c(C(=C)NCCCc2ccc(F)c(C(C)C)c2)ccnc1CNCc1ccccn1. The lowest BCUT2D eigenvalue weighted by Gasteiger charge is -2.15. The van der Waals surface area contributed by atoms with E-state index < -0.39 is 0 Å². The van der Waals surface area contributed by atoms with Gasteiger partial charge in [-0.1, -0.05) is 38.6 Å². The molecule has 0 unspecified atom stereocenters. The third kappa shape index (κ3) is 6.80. The first-order chi connectivity index (χ1) is 16.0. The maximum Gasteiger partial charge on any atom is 0.126 e. The molecule has 0 bridgehead atoms. The fourth-order valence-electron chi connectivity index (χ4n) is 3.68. The van der Waals surface area contributed by atoms with Crippen molar-refractivity contribution in [3.63, 3.8) is 0 Å². The monoisotopic (exact) mass is 445 g/mol. The smallest absolute Gasteiger partial charge is 0.126 e. The number of nitrogens with zero attached hydrogens (tertiary/aromatic N) is 3. The maximum atomic E-state index is 13.9. The summed E-state index contributed by atoms with van der Waals surface area (Å²) in [5.74, 6) is 0.0414. The molecule has 0 atom stereocenters. The van der Waals surface area contributed by atoms with Crippen LogP contribution < -0.4 is 10.6 Å². The summed E-state index contributed by atoms with van der Waals surface area (Å²) in [5, 5.41) is 6.74. The first-order valence-corrected chi connectivity index (χ1v) is 11.3. The molecule has 0 aliphatic carbocycles. The molecule has 0 radical (unpaired) electrons. The lowest BCUT2D eigenvalue weighted by Crippen LogP contribution is -2.17. The first kappa shape index (κ1) is 24.3. The quantitative estimate of drug-likeness (QED) is 0.283. The highest BCUT2D eigenvalue weighted by molar-refractivity contribution is 5.74. The Balaban J connectivity index is 1.54. The molecule has 33 heavy (non-hydrogen) atoms. The molecule has 3 rings (SSSR count). The molecule has 0 spiro atoms. The Hall–Kier alpha value is -3.38. The molecular formula is C27H32FN5. The van der Waals surface area contributed by atoms with E-state index >= 15 is 0 Å². The number of benzene rings is 1. The van der Waals surface area contributed by atoms with Crippen molar-refractivity contribution in [3.05, 3.63) is 95.3 Å². The highest BCUT2D eigenvalue weighted by atomic mass is 19.1. The molecule has 5 nitrogen and oxygen atoms in total. The van der Waals surface area contributed by atoms with Crippen LogP contribution in [0.3, 0.4) is 0 Å². The highest BCUT2D eigenvalue weighted by Crippen LogP contribution is 2.27. The van der Waals surface area contributed by atoms with E-state index in [2.05, 4.69) is 38.9 Å². The third-order valence-corrected chi connectivity index (χ3v) is 5.47. The average molecular weight is 446 g/mol. The molecule has 2 N–H and O–H groups in total. The minimum absolute atomic E-state index is 0.132. The highest BCUT2D eigenvalue weighted by Gasteiger charge is 2.11. The van der Waals surface area contributed by atoms with E-state index in [1.165, 1.54) is 0 Å². The van der Waals surface area contributed by atoms with Crippen molar-refractivity contribution in [1.29, 1.82) is 0 Å². The van der Waals surface area contributed by atoms with Crippen LogP contribution in [-0.4, -0.2) is 23.2 Å². The van der Waals surface area contributed by atoms with Crippen molar-refractivity contribution in [3.8, 4) is 0 Å². The maximum absolute atomic E-state index is 13.9. The first-order valence-electron chi connectivity index (χ1n) is 11.3. The molecule has 6 heteroatoms. The predicted molar refractivity (Wildman–Crippen MR) is 134 cm³/mol. The molecule has 2 heterocycles. The molecule has 2 aromatic heterocycles. The second-order valence-electron chi connectivity index (χ2n) is 8.26. The second-order valence-corrected chi connectivity index (χ2v) is 8.26. The Morgan fingerprint density at radius 1 is 1.09 bits per heavy atom. The van der Waals surface area contributed by atoms with Crippen LogP contribution in [0.15, 0.2) is 66.4 Å². The van der Waals surface area contributed by atoms with Gasteiger partial charge in [-0.3, -0.25) is 15.0 Å². The summed E-state index contributed by atoms with van der Waals surface area (Å²) in [4.78, 5) is 13.0. The number of rotatable bonds is 12. The molecule has 0 aliphatic rings. The number of hydrogen-bond acceptors (Lipinski definition) is 5. The summed E-state index contributed by atoms with van der Waals surface area (Å²) in [5.41, 5.74) is 6.09. The van der Waals surface area contributed by atoms with Gasteiger partial charge in [0, 0.05) is 43.3 Å². The van der Waals surface area contributed by atoms with E-state index in [0.29, 0.717) is 13.1 Å². The summed E-state index contributed by atoms with van der Waals surface area (Å²) in [6, 6.07) is 13.1. The number of pyridine rings is 2. The van der Waals surface area contributed by atoms with Crippen LogP contribution >= 0.6 is 0 Å². The fraction of sp³-hybridized carbons (Fsp3) is 0.296. The Morgan fingerprint density at radius 2 is 1.94 bits per heavy atom. The van der Waals surface area contributed by atoms with Gasteiger partial charge in [0.05, 0.1) is 17.1 Å². The normalized spacial score (nSPS) is 10.9. The molecule has 0 fully saturated rings. The van der Waals surface area contributed by atoms with Gasteiger partial charge in [-0.05, 0) is 60.9 Å². The fourth-order valence-corrected chi connectivity index (χ4v) is 3.68. The number of aromatic nitrogens is 2. The van der Waals surface area contributed by atoms with Crippen LogP contribution in [0.25, 0.3) is 5.70 Å². The number of aryl methyl sites for hydroxylation is 1. The van der Waals surface area contributed by atoms with Crippen LogP contribution in [0.1, 0.15) is 54.3 Å². The summed E-state index contributed by atoms with van der Waals surface area (Å²) < 4.78 is 13.9. The van der Waals surface area contributed by atoms with Crippen LogP contribution in [-0.2, 0) is 19.5 Å². The van der Waals surface area contributed by atoms with Crippen molar-refractivity contribution in [2.24, 2.45) is 4.99 Å². The van der Waals surface area contributed by atoms with Gasteiger partial charge in [-0.25, -0.2) is 4.39 Å². The zero-order valence-electron chi connectivity index (χ0n) is 19.4. The molecule has 1 aromatic carbocycles. The summed E-state index contributed by atoms with van der Waals surface area (Å²) in [6.07, 6.45) is 5.32. The lowest BCUT2D eigenvalue weighted by atomic mass is 9.98. The lowest BCUT2D eigenvalue weighted by molar-refractivity contribution is 0.596. The van der Waals surface area contributed by atoms with E-state index in [9.17, 15) is 4.39 Å². The minimum atomic E-state index is -0.132. The van der Waals surface area contributed by atoms with E-state index in [1.54, 1.807) is 18.5 Å². The van der Waals surface area contributed by atoms with Gasteiger partial charge < -0.3 is 10.6 Å². The number of aliphatic imine (C=N–C) groups is 1. The van der Waals surface area contributed by atoms with Gasteiger partial charge in [0.1, 0.15) is 5.82 Å². The van der Waals surface area contributed by atoms with E-state index in [1.807, 2.05) is 50.2 Å². The third-order valence-electron chi connectivity index (χ3n) is 5.47. The second kappa shape index (κ2) is 12.0. The Kier molecular flexibility index (Phi) is 8.84. The summed E-state index contributed by atoms with van der Waals surface area (Å²) >= 11 is 0. The van der Waals surface area contributed by atoms with Crippen LogP contribution in [0.5, 0.6) is 0 Å². The average Bonchev–Trinajstić information content (AvgIpc) is 2.83. The molecule has 0 aliphatic heterocycles. The molecule has 0 saturated heterocycles. The number of hydrogen-bond donors (Lipinski definition) is 2. The Labute approximate surface area is 195 Å². The van der Waals surface area contributed by atoms with Crippen LogP contribution in [0.2, 0.25) is 0 Å². The van der Waals surface area contributed by atoms with Crippen LogP contribution in [0.4, 0.5) is 10.1 Å². The number of nitrogens with one attached hydrogen (secondary N) is 2. The molecule has 3 aromatic rings. The largest absolute Gasteiger partial charge is 0.385 e. The van der Waals surface area contributed by atoms with Crippen molar-refractivity contribution in [2.45, 2.75) is 45.7 Å². The van der Waals surface area contributed by atoms with Gasteiger partial charge in [0.15, 0.2) is 0 Å². The van der Waals surface area contributed by atoms with Gasteiger partial charge in [-0.2, -0.15) is 0 Å². The van der Waals surface area contributed by atoms with Crippen LogP contribution in [0, 0.1) is 5.82 Å². The van der Waals surface area contributed by atoms with Gasteiger partial charge in [0.2, 0.25) is 0 Å². The zero-order valence-corrected chi connectivity index (χ0v) is 19.4. The topological polar surface area (TPSA) is 62.2 Å². The Bertz CT molecular complexity index is 1080. The van der Waals surface area contributed by atoms with Crippen molar-refractivity contribution >= 4 is 18.1 Å². The predicted octanol–water partition coefficient (Wildman–Crippen LogP) is 5.55. The van der Waals surface area contributed by atoms with E-state index in [-0.39, 0.29) is 11.7 Å². The molecule has 0 amide bonds. The van der Waals surface area contributed by atoms with Crippen molar-refractivity contribution in [1.82, 2.24) is 20.6 Å². The van der Waals surface area contributed by atoms with Gasteiger partial charge >= 0.3 is 0 Å². The summed E-state index contributed by atoms with van der Waals surface area (Å²) in [6.45, 7) is 13.9. The zero-order chi connectivity index (χ0) is 23.6. The molecule has 172 valence electrons. The minimum Gasteiger partial charge on any atom is -0.385 e. The summed E-state index contributed by atoms with van der Waals surface area (Å²) in [7, 11) is 0. The van der Waals surface area contributed by atoms with E-state index in [4.69, 9.17) is 0 Å². The van der Waals surface area contributed by atoms with Crippen molar-refractivity contribution < 1.29 is 4.39 Å². The standard InChI is InChI=1S/C27H32FN5/c1-19(2)24-16-21(10-11-25(24)28)8-7-14-31-20(3)23-12-15-33-26(27(23)29-4)18-30-17-22-9-5-6-13-32-22/h5-6,9-13,15-16,19,30-31H,3-4,7-8,14,17-18H2,1-2H3.